The second-order valence-electron chi connectivity index (χ2n) is 7.36. The molecule has 4 rings (SSSR count). The zero-order valence-corrected chi connectivity index (χ0v) is 17.9. The van der Waals surface area contributed by atoms with Gasteiger partial charge in [0.15, 0.2) is 0 Å². The lowest BCUT2D eigenvalue weighted by Gasteiger charge is -2.31. The maximum atomic E-state index is 12.9. The quantitative estimate of drug-likeness (QED) is 0.613. The lowest BCUT2D eigenvalue weighted by Crippen LogP contribution is -2.46. The van der Waals surface area contributed by atoms with Crippen molar-refractivity contribution in [3.8, 4) is 17.0 Å². The van der Waals surface area contributed by atoms with Gasteiger partial charge >= 0.3 is 0 Å². The summed E-state index contributed by atoms with van der Waals surface area (Å²) < 4.78 is 32.3. The molecule has 8 nitrogen and oxygen atoms in total. The van der Waals surface area contributed by atoms with Crippen molar-refractivity contribution in [3.05, 3.63) is 66.4 Å². The van der Waals surface area contributed by atoms with E-state index < -0.39 is 10.0 Å². The van der Waals surface area contributed by atoms with E-state index >= 15 is 0 Å². The summed E-state index contributed by atoms with van der Waals surface area (Å²) in [5.74, 6) is 0.362. The van der Waals surface area contributed by atoms with Crippen LogP contribution in [0.3, 0.4) is 0 Å². The SMILES string of the molecule is COc1ccc(S(=O)(=O)N2CCC(NC(=O)c3cc(-c4ccccc4)n[nH]3)CC2)cc1. The fraction of sp³-hybridized carbons (Fsp3) is 0.273. The highest BCUT2D eigenvalue weighted by molar-refractivity contribution is 7.89. The molecule has 0 saturated carbocycles. The molecule has 0 atom stereocenters. The van der Waals surface area contributed by atoms with Crippen LogP contribution in [0.1, 0.15) is 23.3 Å². The summed E-state index contributed by atoms with van der Waals surface area (Å²) in [6.45, 7) is 0.690. The fourth-order valence-corrected chi connectivity index (χ4v) is 5.06. The van der Waals surface area contributed by atoms with Gasteiger partial charge in [-0.15, -0.1) is 0 Å². The van der Waals surface area contributed by atoms with Crippen molar-refractivity contribution in [2.75, 3.05) is 20.2 Å². The van der Waals surface area contributed by atoms with Gasteiger partial charge in [-0.1, -0.05) is 30.3 Å². The largest absolute Gasteiger partial charge is 0.497 e. The van der Waals surface area contributed by atoms with E-state index in [1.807, 2.05) is 30.3 Å². The molecule has 0 aliphatic carbocycles. The fourth-order valence-electron chi connectivity index (χ4n) is 3.60. The number of amides is 1. The Hall–Kier alpha value is -3.17. The van der Waals surface area contributed by atoms with E-state index in [1.165, 1.54) is 11.4 Å². The molecule has 1 aliphatic rings. The molecular formula is C22H24N4O4S. The summed E-state index contributed by atoms with van der Waals surface area (Å²) in [7, 11) is -2.03. The van der Waals surface area contributed by atoms with E-state index in [1.54, 1.807) is 30.3 Å². The molecule has 2 aromatic carbocycles. The molecule has 31 heavy (non-hydrogen) atoms. The Balaban J connectivity index is 1.34. The number of sulfonamides is 1. The number of rotatable bonds is 6. The van der Waals surface area contributed by atoms with Gasteiger partial charge in [0.05, 0.1) is 17.7 Å². The summed E-state index contributed by atoms with van der Waals surface area (Å²) >= 11 is 0. The number of carbonyl (C=O) groups is 1. The summed E-state index contributed by atoms with van der Waals surface area (Å²) in [4.78, 5) is 12.8. The molecular weight excluding hydrogens is 416 g/mol. The molecule has 0 bridgehead atoms. The number of carbonyl (C=O) groups excluding carboxylic acids is 1. The molecule has 1 saturated heterocycles. The zero-order valence-electron chi connectivity index (χ0n) is 17.1. The lowest BCUT2D eigenvalue weighted by molar-refractivity contribution is 0.0918. The van der Waals surface area contributed by atoms with Crippen LogP contribution >= 0.6 is 0 Å². The number of piperidine rings is 1. The Bertz CT molecular complexity index is 1140. The molecule has 162 valence electrons. The topological polar surface area (TPSA) is 104 Å². The molecule has 1 fully saturated rings. The molecule has 0 spiro atoms. The van der Waals surface area contributed by atoms with Gasteiger partial charge in [-0.25, -0.2) is 8.42 Å². The van der Waals surface area contributed by atoms with Crippen LogP contribution in [0.2, 0.25) is 0 Å². The first-order chi connectivity index (χ1) is 15.0. The van der Waals surface area contributed by atoms with Crippen molar-refractivity contribution >= 4 is 15.9 Å². The van der Waals surface area contributed by atoms with Gasteiger partial charge in [-0.05, 0) is 43.2 Å². The molecule has 2 heterocycles. The molecule has 0 radical (unpaired) electrons. The van der Waals surface area contributed by atoms with Crippen LogP contribution in [-0.2, 0) is 10.0 Å². The van der Waals surface area contributed by atoms with Gasteiger partial charge in [0.25, 0.3) is 5.91 Å². The van der Waals surface area contributed by atoms with Crippen molar-refractivity contribution < 1.29 is 17.9 Å². The number of ether oxygens (including phenoxy) is 1. The number of benzene rings is 2. The number of aromatic nitrogens is 2. The van der Waals surface area contributed by atoms with Crippen LogP contribution in [-0.4, -0.2) is 55.1 Å². The summed E-state index contributed by atoms with van der Waals surface area (Å²) in [6, 6.07) is 17.6. The number of hydrogen-bond donors (Lipinski definition) is 2. The lowest BCUT2D eigenvalue weighted by atomic mass is 10.1. The van der Waals surface area contributed by atoms with Crippen LogP contribution in [0.5, 0.6) is 5.75 Å². The van der Waals surface area contributed by atoms with E-state index in [2.05, 4.69) is 15.5 Å². The van der Waals surface area contributed by atoms with Gasteiger partial charge in [-0.2, -0.15) is 9.40 Å². The summed E-state index contributed by atoms with van der Waals surface area (Å²) in [5.41, 5.74) is 2.01. The number of aromatic amines is 1. The minimum Gasteiger partial charge on any atom is -0.497 e. The van der Waals surface area contributed by atoms with Crippen molar-refractivity contribution in [1.82, 2.24) is 19.8 Å². The van der Waals surface area contributed by atoms with Gasteiger partial charge in [0, 0.05) is 24.7 Å². The highest BCUT2D eigenvalue weighted by Crippen LogP contribution is 2.23. The predicted molar refractivity (Wildman–Crippen MR) is 116 cm³/mol. The number of hydrogen-bond acceptors (Lipinski definition) is 5. The second-order valence-corrected chi connectivity index (χ2v) is 9.30. The minimum atomic E-state index is -3.57. The predicted octanol–water partition coefficient (Wildman–Crippen LogP) is 2.67. The molecule has 2 N–H and O–H groups in total. The van der Waals surface area contributed by atoms with Gasteiger partial charge in [0.1, 0.15) is 11.4 Å². The highest BCUT2D eigenvalue weighted by Gasteiger charge is 2.30. The number of nitrogens with zero attached hydrogens (tertiary/aromatic N) is 2. The molecule has 1 amide bonds. The van der Waals surface area contributed by atoms with Gasteiger partial charge in [0.2, 0.25) is 10.0 Å². The summed E-state index contributed by atoms with van der Waals surface area (Å²) in [5, 5.41) is 9.97. The maximum Gasteiger partial charge on any atom is 0.269 e. The molecule has 9 heteroatoms. The maximum absolute atomic E-state index is 12.9. The van der Waals surface area contributed by atoms with E-state index in [-0.39, 0.29) is 16.8 Å². The van der Waals surface area contributed by atoms with Gasteiger partial charge in [-0.3, -0.25) is 9.89 Å². The first kappa shape index (κ1) is 21.1. The number of H-pyrrole nitrogens is 1. The van der Waals surface area contributed by atoms with Crippen LogP contribution in [0, 0.1) is 0 Å². The monoisotopic (exact) mass is 440 g/mol. The highest BCUT2D eigenvalue weighted by atomic mass is 32.2. The molecule has 1 aliphatic heterocycles. The average Bonchev–Trinajstić information content (AvgIpc) is 3.31. The summed E-state index contributed by atoms with van der Waals surface area (Å²) in [6.07, 6.45) is 1.08. The normalized spacial score (nSPS) is 15.5. The van der Waals surface area contributed by atoms with E-state index in [4.69, 9.17) is 4.74 Å². The van der Waals surface area contributed by atoms with Crippen molar-refractivity contribution in [2.24, 2.45) is 0 Å². The third-order valence-corrected chi connectivity index (χ3v) is 7.29. The Labute approximate surface area is 181 Å². The van der Waals surface area contributed by atoms with Crippen LogP contribution in [0.4, 0.5) is 0 Å². The zero-order chi connectivity index (χ0) is 21.8. The Kier molecular flexibility index (Phi) is 6.06. The average molecular weight is 441 g/mol. The first-order valence-electron chi connectivity index (χ1n) is 10.0. The smallest absolute Gasteiger partial charge is 0.269 e. The van der Waals surface area contributed by atoms with Crippen molar-refractivity contribution in [3.63, 3.8) is 0 Å². The van der Waals surface area contributed by atoms with Crippen LogP contribution in [0.25, 0.3) is 11.3 Å². The third kappa shape index (κ3) is 4.62. The number of methoxy groups -OCH3 is 1. The van der Waals surface area contributed by atoms with E-state index in [9.17, 15) is 13.2 Å². The number of nitrogens with one attached hydrogen (secondary N) is 2. The molecule has 3 aromatic rings. The van der Waals surface area contributed by atoms with Gasteiger partial charge < -0.3 is 10.1 Å². The Morgan fingerprint density at radius 2 is 1.77 bits per heavy atom. The minimum absolute atomic E-state index is 0.0988. The van der Waals surface area contributed by atoms with Crippen molar-refractivity contribution in [2.45, 2.75) is 23.8 Å². The standard InChI is InChI=1S/C22H24N4O4S/c1-30-18-7-9-19(10-8-18)31(28,29)26-13-11-17(12-14-26)23-22(27)21-15-20(24-25-21)16-5-3-2-4-6-16/h2-10,15,17H,11-14H2,1H3,(H,23,27)(H,24,25). The Morgan fingerprint density at radius 3 is 2.42 bits per heavy atom. The van der Waals surface area contributed by atoms with Crippen molar-refractivity contribution in [1.29, 1.82) is 0 Å². The van der Waals surface area contributed by atoms with E-state index in [0.717, 1.165) is 5.56 Å². The van der Waals surface area contributed by atoms with Crippen LogP contribution in [0.15, 0.2) is 65.6 Å². The van der Waals surface area contributed by atoms with Crippen LogP contribution < -0.4 is 10.1 Å². The first-order valence-corrected chi connectivity index (χ1v) is 11.5. The Morgan fingerprint density at radius 1 is 1.10 bits per heavy atom. The van der Waals surface area contributed by atoms with E-state index in [0.29, 0.717) is 43.1 Å². The second kappa shape index (κ2) is 8.91. The molecule has 0 unspecified atom stereocenters. The third-order valence-electron chi connectivity index (χ3n) is 5.38. The molecule has 1 aromatic heterocycles.